The highest BCUT2D eigenvalue weighted by Gasteiger charge is 2.11. The van der Waals surface area contributed by atoms with Gasteiger partial charge in [-0.05, 0) is 25.1 Å². The Morgan fingerprint density at radius 3 is 2.41 bits per heavy atom. The molecule has 0 aromatic heterocycles. The predicted octanol–water partition coefficient (Wildman–Crippen LogP) is 1.45. The number of carbonyl (C=O) groups is 2. The van der Waals surface area contributed by atoms with Crippen molar-refractivity contribution in [1.82, 2.24) is 0 Å². The molecule has 0 saturated heterocycles. The first kappa shape index (κ1) is 13.0. The lowest BCUT2D eigenvalue weighted by molar-refractivity contribution is -0.118. The van der Waals surface area contributed by atoms with Gasteiger partial charge in [0, 0.05) is 0 Å². The quantitative estimate of drug-likeness (QED) is 0.726. The topological polar surface area (TPSA) is 61.8 Å². The van der Waals surface area contributed by atoms with Crippen LogP contribution in [0, 0.1) is 0 Å². The molecule has 0 unspecified atom stereocenters. The van der Waals surface area contributed by atoms with E-state index in [9.17, 15) is 9.59 Å². The zero-order chi connectivity index (χ0) is 12.8. The van der Waals surface area contributed by atoms with Gasteiger partial charge >= 0.3 is 5.97 Å². The molecule has 92 valence electrons. The van der Waals surface area contributed by atoms with E-state index in [-0.39, 0.29) is 12.4 Å². The number of hydrogen-bond donors (Lipinski definition) is 0. The second-order valence-electron chi connectivity index (χ2n) is 3.35. The van der Waals surface area contributed by atoms with Crippen LogP contribution in [0.25, 0.3) is 0 Å². The predicted molar refractivity (Wildman–Crippen MR) is 60.5 cm³/mol. The average Bonchev–Trinajstić information content (AvgIpc) is 2.34. The number of hydrogen-bond acceptors (Lipinski definition) is 5. The zero-order valence-electron chi connectivity index (χ0n) is 9.98. The molecule has 0 fully saturated rings. The molecule has 0 aliphatic heterocycles. The summed E-state index contributed by atoms with van der Waals surface area (Å²) in [5.74, 6) is 0.245. The number of ether oxygens (including phenoxy) is 3. The van der Waals surface area contributed by atoms with Crippen molar-refractivity contribution in [2.75, 3.05) is 20.8 Å². The van der Waals surface area contributed by atoms with Crippen molar-refractivity contribution in [2.45, 2.75) is 6.92 Å². The maximum atomic E-state index is 11.3. The van der Waals surface area contributed by atoms with Crippen molar-refractivity contribution >= 4 is 11.8 Å². The molecule has 1 aromatic carbocycles. The maximum absolute atomic E-state index is 11.3. The monoisotopic (exact) mass is 238 g/mol. The van der Waals surface area contributed by atoms with Crippen LogP contribution in [0.5, 0.6) is 11.5 Å². The fourth-order valence-corrected chi connectivity index (χ4v) is 1.21. The van der Waals surface area contributed by atoms with Crippen LogP contribution in [-0.2, 0) is 9.53 Å². The van der Waals surface area contributed by atoms with E-state index in [0.29, 0.717) is 17.1 Å². The normalized spacial score (nSPS) is 9.59. The van der Waals surface area contributed by atoms with Crippen molar-refractivity contribution in [3.8, 4) is 11.5 Å². The van der Waals surface area contributed by atoms with Crippen LogP contribution in [0.3, 0.4) is 0 Å². The first-order chi connectivity index (χ1) is 8.08. The zero-order valence-corrected chi connectivity index (χ0v) is 9.98. The molecule has 0 bridgehead atoms. The summed E-state index contributed by atoms with van der Waals surface area (Å²) < 4.78 is 14.9. The standard InChI is InChI=1S/C12H14O5/c1-8(13)7-17-10-5-4-9(12(14)16-3)6-11(10)15-2/h4-6H,7H2,1-3H3. The van der Waals surface area contributed by atoms with Gasteiger partial charge in [-0.1, -0.05) is 0 Å². The molecule has 0 radical (unpaired) electrons. The maximum Gasteiger partial charge on any atom is 0.337 e. The highest BCUT2D eigenvalue weighted by Crippen LogP contribution is 2.28. The van der Waals surface area contributed by atoms with Gasteiger partial charge in [-0.25, -0.2) is 4.79 Å². The Morgan fingerprint density at radius 1 is 1.18 bits per heavy atom. The molecule has 0 heterocycles. The number of rotatable bonds is 5. The first-order valence-corrected chi connectivity index (χ1v) is 4.97. The van der Waals surface area contributed by atoms with Gasteiger partial charge in [-0.15, -0.1) is 0 Å². The third-order valence-electron chi connectivity index (χ3n) is 2.02. The summed E-state index contributed by atoms with van der Waals surface area (Å²) in [6.45, 7) is 1.39. The number of methoxy groups -OCH3 is 2. The van der Waals surface area contributed by atoms with E-state index < -0.39 is 5.97 Å². The molecule has 0 spiro atoms. The molecule has 0 saturated carbocycles. The molecule has 0 atom stereocenters. The fraction of sp³-hybridized carbons (Fsp3) is 0.333. The lowest BCUT2D eigenvalue weighted by Gasteiger charge is -2.10. The van der Waals surface area contributed by atoms with Crippen LogP contribution < -0.4 is 9.47 Å². The Kier molecular flexibility index (Phi) is 4.51. The molecule has 0 aliphatic carbocycles. The summed E-state index contributed by atoms with van der Waals surface area (Å²) >= 11 is 0. The van der Waals surface area contributed by atoms with E-state index in [1.807, 2.05) is 0 Å². The molecular formula is C12H14O5. The van der Waals surface area contributed by atoms with Crippen LogP contribution >= 0.6 is 0 Å². The van der Waals surface area contributed by atoms with Gasteiger partial charge in [0.05, 0.1) is 19.8 Å². The fourth-order valence-electron chi connectivity index (χ4n) is 1.21. The van der Waals surface area contributed by atoms with Crippen molar-refractivity contribution < 1.29 is 23.8 Å². The number of esters is 1. The summed E-state index contributed by atoms with van der Waals surface area (Å²) in [4.78, 5) is 22.1. The number of benzene rings is 1. The summed E-state index contributed by atoms with van der Waals surface area (Å²) in [7, 11) is 2.76. The lowest BCUT2D eigenvalue weighted by atomic mass is 10.2. The Balaban J connectivity index is 2.93. The van der Waals surface area contributed by atoms with Gasteiger partial charge in [-0.3, -0.25) is 4.79 Å². The molecule has 0 amide bonds. The highest BCUT2D eigenvalue weighted by molar-refractivity contribution is 5.90. The number of carbonyl (C=O) groups excluding carboxylic acids is 2. The number of Topliss-reactive ketones (excluding diaryl/α,β-unsaturated/α-hetero) is 1. The molecule has 0 N–H and O–H groups in total. The summed E-state index contributed by atoms with van der Waals surface area (Å²) in [6.07, 6.45) is 0. The van der Waals surface area contributed by atoms with Gasteiger partial charge in [0.1, 0.15) is 6.61 Å². The highest BCUT2D eigenvalue weighted by atomic mass is 16.5. The molecule has 5 nitrogen and oxygen atoms in total. The van der Waals surface area contributed by atoms with E-state index in [1.54, 1.807) is 12.1 Å². The lowest BCUT2D eigenvalue weighted by Crippen LogP contribution is -2.08. The summed E-state index contributed by atoms with van der Waals surface area (Å²) in [6, 6.07) is 4.61. The first-order valence-electron chi connectivity index (χ1n) is 4.97. The van der Waals surface area contributed by atoms with Crippen molar-refractivity contribution in [1.29, 1.82) is 0 Å². The van der Waals surface area contributed by atoms with E-state index in [0.717, 1.165) is 0 Å². The minimum Gasteiger partial charge on any atom is -0.493 e. The van der Waals surface area contributed by atoms with Crippen LogP contribution in [0.4, 0.5) is 0 Å². The molecular weight excluding hydrogens is 224 g/mol. The van der Waals surface area contributed by atoms with Crippen LogP contribution in [0.15, 0.2) is 18.2 Å². The van der Waals surface area contributed by atoms with Gasteiger partial charge < -0.3 is 14.2 Å². The third kappa shape index (κ3) is 3.48. The Bertz CT molecular complexity index is 425. The van der Waals surface area contributed by atoms with Gasteiger partial charge in [-0.2, -0.15) is 0 Å². The third-order valence-corrected chi connectivity index (χ3v) is 2.02. The molecule has 1 aromatic rings. The summed E-state index contributed by atoms with van der Waals surface area (Å²) in [5, 5.41) is 0. The minimum atomic E-state index is -0.457. The van der Waals surface area contributed by atoms with E-state index in [4.69, 9.17) is 9.47 Å². The molecule has 17 heavy (non-hydrogen) atoms. The van der Waals surface area contributed by atoms with Crippen molar-refractivity contribution in [2.24, 2.45) is 0 Å². The Morgan fingerprint density at radius 2 is 1.88 bits per heavy atom. The van der Waals surface area contributed by atoms with E-state index in [2.05, 4.69) is 4.74 Å². The largest absolute Gasteiger partial charge is 0.493 e. The molecule has 5 heteroatoms. The SMILES string of the molecule is COC(=O)c1ccc(OCC(C)=O)c(OC)c1. The van der Waals surface area contributed by atoms with Gasteiger partial charge in [0.2, 0.25) is 0 Å². The van der Waals surface area contributed by atoms with Crippen LogP contribution in [0.1, 0.15) is 17.3 Å². The van der Waals surface area contributed by atoms with Gasteiger partial charge in [0.15, 0.2) is 17.3 Å². The van der Waals surface area contributed by atoms with E-state index >= 15 is 0 Å². The molecule has 0 aliphatic rings. The van der Waals surface area contributed by atoms with Crippen LogP contribution in [0.2, 0.25) is 0 Å². The smallest absolute Gasteiger partial charge is 0.337 e. The average molecular weight is 238 g/mol. The second kappa shape index (κ2) is 5.89. The molecule has 1 rings (SSSR count). The summed E-state index contributed by atoms with van der Waals surface area (Å²) in [5.41, 5.74) is 0.361. The second-order valence-corrected chi connectivity index (χ2v) is 3.35. The van der Waals surface area contributed by atoms with Crippen molar-refractivity contribution in [3.05, 3.63) is 23.8 Å². The minimum absolute atomic E-state index is 0.0338. The Labute approximate surface area is 99.3 Å². The number of ketones is 1. The van der Waals surface area contributed by atoms with Crippen molar-refractivity contribution in [3.63, 3.8) is 0 Å². The Hall–Kier alpha value is -2.04. The van der Waals surface area contributed by atoms with Crippen LogP contribution in [-0.4, -0.2) is 32.6 Å². The van der Waals surface area contributed by atoms with E-state index in [1.165, 1.54) is 27.2 Å². The van der Waals surface area contributed by atoms with Gasteiger partial charge in [0.25, 0.3) is 0 Å².